The Bertz CT molecular complexity index is 487. The van der Waals surface area contributed by atoms with Crippen molar-refractivity contribution >= 4 is 12.4 Å². The van der Waals surface area contributed by atoms with Gasteiger partial charge in [0, 0.05) is 32.2 Å². The average molecular weight is 354 g/mol. The zero-order chi connectivity index (χ0) is 17.1. The van der Waals surface area contributed by atoms with E-state index in [-0.39, 0.29) is 23.2 Å². The smallest absolute Gasteiger partial charge is 0.0230 e. The van der Waals surface area contributed by atoms with Crippen LogP contribution >= 0.6 is 12.4 Å². The third-order valence-electron chi connectivity index (χ3n) is 5.04. The van der Waals surface area contributed by atoms with Crippen molar-refractivity contribution in [2.75, 3.05) is 33.2 Å². The van der Waals surface area contributed by atoms with Crippen LogP contribution in [0.15, 0.2) is 30.3 Å². The molecule has 1 aliphatic rings. The molecule has 0 spiro atoms. The molecule has 3 nitrogen and oxygen atoms in total. The summed E-state index contributed by atoms with van der Waals surface area (Å²) >= 11 is 0. The predicted octanol–water partition coefficient (Wildman–Crippen LogP) is 3.63. The molecule has 24 heavy (non-hydrogen) atoms. The largest absolute Gasteiger partial charge is 0.327 e. The molecule has 1 aromatic rings. The normalized spacial score (nSPS) is 21.5. The van der Waals surface area contributed by atoms with Gasteiger partial charge in [0.15, 0.2) is 0 Å². The topological polar surface area (TPSA) is 32.5 Å². The lowest BCUT2D eigenvalue weighted by Gasteiger charge is -2.45. The van der Waals surface area contributed by atoms with Crippen molar-refractivity contribution in [3.63, 3.8) is 0 Å². The minimum Gasteiger partial charge on any atom is -0.327 e. The minimum absolute atomic E-state index is 0. The maximum Gasteiger partial charge on any atom is 0.0230 e. The van der Waals surface area contributed by atoms with Gasteiger partial charge in [-0.25, -0.2) is 0 Å². The molecule has 2 N–H and O–H groups in total. The van der Waals surface area contributed by atoms with Crippen molar-refractivity contribution in [3.8, 4) is 0 Å². The summed E-state index contributed by atoms with van der Waals surface area (Å²) in [5, 5.41) is 0. The molecule has 1 heterocycles. The third-order valence-corrected chi connectivity index (χ3v) is 5.04. The minimum atomic E-state index is 0. The molecule has 1 unspecified atom stereocenters. The molecular formula is C20H36ClN3. The summed E-state index contributed by atoms with van der Waals surface area (Å²) in [6.45, 7) is 14.9. The molecule has 1 aliphatic heterocycles. The van der Waals surface area contributed by atoms with Crippen LogP contribution in [0.5, 0.6) is 0 Å². The molecule has 0 amide bonds. The van der Waals surface area contributed by atoms with E-state index < -0.39 is 0 Å². The third kappa shape index (κ3) is 6.36. The SMILES string of the molecule is CN(Cc1ccccc1)CC(C)(C)CN1CCC(N)C(C)(C)C1.Cl. The molecule has 138 valence electrons. The number of piperidine rings is 1. The number of hydrogen-bond acceptors (Lipinski definition) is 3. The Kier molecular flexibility index (Phi) is 7.74. The summed E-state index contributed by atoms with van der Waals surface area (Å²) in [6.07, 6.45) is 1.11. The number of nitrogens with two attached hydrogens (primary N) is 1. The molecular weight excluding hydrogens is 318 g/mol. The summed E-state index contributed by atoms with van der Waals surface area (Å²) in [7, 11) is 2.23. The van der Waals surface area contributed by atoms with Crippen LogP contribution in [0.25, 0.3) is 0 Å². The lowest BCUT2D eigenvalue weighted by molar-refractivity contribution is 0.0533. The first kappa shape index (κ1) is 21.4. The van der Waals surface area contributed by atoms with E-state index >= 15 is 0 Å². The van der Waals surface area contributed by atoms with Crippen molar-refractivity contribution in [2.24, 2.45) is 16.6 Å². The van der Waals surface area contributed by atoms with Crippen LogP contribution in [0, 0.1) is 10.8 Å². The lowest BCUT2D eigenvalue weighted by Crippen LogP contribution is -2.54. The molecule has 4 heteroatoms. The van der Waals surface area contributed by atoms with E-state index in [2.05, 4.69) is 74.9 Å². The number of benzene rings is 1. The van der Waals surface area contributed by atoms with Gasteiger partial charge in [-0.05, 0) is 36.4 Å². The molecule has 0 bridgehead atoms. The Morgan fingerprint density at radius 3 is 2.46 bits per heavy atom. The number of rotatable bonds is 6. The maximum absolute atomic E-state index is 6.27. The van der Waals surface area contributed by atoms with Gasteiger partial charge < -0.3 is 15.5 Å². The standard InChI is InChI=1S/C20H35N3.ClH/c1-19(2,14-22(5)13-17-9-7-6-8-10-17)15-23-12-11-18(21)20(3,4)16-23;/h6-10,18H,11-16,21H2,1-5H3;1H. The Morgan fingerprint density at radius 1 is 1.25 bits per heavy atom. The second-order valence-electron chi connectivity index (χ2n) is 8.92. The van der Waals surface area contributed by atoms with Gasteiger partial charge in [-0.3, -0.25) is 0 Å². The molecule has 0 radical (unpaired) electrons. The van der Waals surface area contributed by atoms with E-state index in [1.165, 1.54) is 5.56 Å². The van der Waals surface area contributed by atoms with Crippen LogP contribution < -0.4 is 5.73 Å². The first-order valence-corrected chi connectivity index (χ1v) is 8.88. The monoisotopic (exact) mass is 353 g/mol. The number of hydrogen-bond donors (Lipinski definition) is 1. The highest BCUT2D eigenvalue weighted by Crippen LogP contribution is 2.30. The van der Waals surface area contributed by atoms with Gasteiger partial charge in [0.05, 0.1) is 0 Å². The van der Waals surface area contributed by atoms with E-state index in [0.29, 0.717) is 6.04 Å². The lowest BCUT2D eigenvalue weighted by atomic mass is 9.78. The molecule has 2 rings (SSSR count). The van der Waals surface area contributed by atoms with E-state index in [1.807, 2.05) is 0 Å². The van der Waals surface area contributed by atoms with Crippen LogP contribution in [0.2, 0.25) is 0 Å². The Morgan fingerprint density at radius 2 is 1.88 bits per heavy atom. The molecule has 1 fully saturated rings. The Labute approximate surface area is 155 Å². The molecule has 0 saturated carbocycles. The van der Waals surface area contributed by atoms with Crippen LogP contribution in [0.3, 0.4) is 0 Å². The number of halogens is 1. The molecule has 1 aromatic carbocycles. The quantitative estimate of drug-likeness (QED) is 0.847. The highest BCUT2D eigenvalue weighted by Gasteiger charge is 2.35. The van der Waals surface area contributed by atoms with Crippen LogP contribution in [-0.2, 0) is 6.54 Å². The average Bonchev–Trinajstić information content (AvgIpc) is 2.42. The Hall–Kier alpha value is -0.610. The van der Waals surface area contributed by atoms with E-state index in [9.17, 15) is 0 Å². The number of likely N-dealkylation sites (tertiary alicyclic amines) is 1. The first-order valence-electron chi connectivity index (χ1n) is 8.88. The van der Waals surface area contributed by atoms with Crippen molar-refractivity contribution in [1.82, 2.24) is 9.80 Å². The van der Waals surface area contributed by atoms with Gasteiger partial charge >= 0.3 is 0 Å². The van der Waals surface area contributed by atoms with Crippen molar-refractivity contribution in [2.45, 2.75) is 46.7 Å². The van der Waals surface area contributed by atoms with Crippen LogP contribution in [0.1, 0.15) is 39.7 Å². The summed E-state index contributed by atoms with van der Waals surface area (Å²) in [5.74, 6) is 0. The van der Waals surface area contributed by atoms with Crippen molar-refractivity contribution in [3.05, 3.63) is 35.9 Å². The van der Waals surface area contributed by atoms with Crippen LogP contribution in [0.4, 0.5) is 0 Å². The van der Waals surface area contributed by atoms with Gasteiger partial charge in [-0.1, -0.05) is 58.0 Å². The van der Waals surface area contributed by atoms with Crippen LogP contribution in [-0.4, -0.2) is 49.1 Å². The maximum atomic E-state index is 6.27. The van der Waals surface area contributed by atoms with Gasteiger partial charge in [-0.2, -0.15) is 0 Å². The zero-order valence-electron chi connectivity index (χ0n) is 16.1. The second-order valence-corrected chi connectivity index (χ2v) is 8.92. The highest BCUT2D eigenvalue weighted by atomic mass is 35.5. The molecule has 1 atom stereocenters. The molecule has 0 aliphatic carbocycles. The van der Waals surface area contributed by atoms with Gasteiger partial charge in [0.2, 0.25) is 0 Å². The molecule has 0 aromatic heterocycles. The van der Waals surface area contributed by atoms with Gasteiger partial charge in [0.1, 0.15) is 0 Å². The summed E-state index contributed by atoms with van der Waals surface area (Å²) in [6, 6.07) is 11.1. The van der Waals surface area contributed by atoms with Crippen molar-refractivity contribution in [1.29, 1.82) is 0 Å². The fraction of sp³-hybridized carbons (Fsp3) is 0.700. The fourth-order valence-electron chi connectivity index (χ4n) is 3.96. The summed E-state index contributed by atoms with van der Waals surface area (Å²) < 4.78 is 0. The summed E-state index contributed by atoms with van der Waals surface area (Å²) in [5.41, 5.74) is 8.16. The van der Waals surface area contributed by atoms with Gasteiger partial charge in [0.25, 0.3) is 0 Å². The number of nitrogens with zero attached hydrogens (tertiary/aromatic N) is 2. The predicted molar refractivity (Wildman–Crippen MR) is 107 cm³/mol. The second kappa shape index (κ2) is 8.66. The van der Waals surface area contributed by atoms with E-state index in [0.717, 1.165) is 39.1 Å². The first-order chi connectivity index (χ1) is 10.7. The Balaban J connectivity index is 0.00000288. The molecule has 1 saturated heterocycles. The summed E-state index contributed by atoms with van der Waals surface area (Å²) in [4.78, 5) is 5.05. The van der Waals surface area contributed by atoms with Gasteiger partial charge in [-0.15, -0.1) is 12.4 Å². The van der Waals surface area contributed by atoms with E-state index in [1.54, 1.807) is 0 Å². The van der Waals surface area contributed by atoms with E-state index in [4.69, 9.17) is 5.73 Å². The fourth-order valence-corrected chi connectivity index (χ4v) is 3.96. The van der Waals surface area contributed by atoms with Crippen molar-refractivity contribution < 1.29 is 0 Å². The highest BCUT2D eigenvalue weighted by molar-refractivity contribution is 5.85. The zero-order valence-corrected chi connectivity index (χ0v) is 16.9.